The molecule has 14 unspecified atom stereocenters. The van der Waals surface area contributed by atoms with Gasteiger partial charge in [-0.25, -0.2) is 4.79 Å². The number of piperidine rings is 1. The minimum atomic E-state index is -2.54. The average Bonchev–Trinajstić information content (AvgIpc) is 3.36. The zero-order valence-corrected chi connectivity index (χ0v) is 43.8. The van der Waals surface area contributed by atoms with Crippen LogP contribution in [0.5, 0.6) is 0 Å². The Kier molecular flexibility index (Phi) is 22.2. The monoisotopic (exact) mass is 993 g/mol. The van der Waals surface area contributed by atoms with E-state index in [1.54, 1.807) is 33.1 Å². The Morgan fingerprint density at radius 3 is 2.24 bits per heavy atom. The molecule has 0 radical (unpaired) electrons. The summed E-state index contributed by atoms with van der Waals surface area (Å²) in [6, 6.07) is 6.09. The maximum absolute atomic E-state index is 14.6. The molecule has 2 bridgehead atoms. The summed E-state index contributed by atoms with van der Waals surface area (Å²) in [5, 5.41) is 37.8. The van der Waals surface area contributed by atoms with Crippen molar-refractivity contribution in [1.29, 1.82) is 0 Å². The Bertz CT molecular complexity index is 2040. The van der Waals surface area contributed by atoms with Gasteiger partial charge < -0.3 is 49.2 Å². The summed E-state index contributed by atoms with van der Waals surface area (Å²) in [6.07, 6.45) is 9.45. The summed E-state index contributed by atoms with van der Waals surface area (Å²) in [5.74, 6) is -7.81. The van der Waals surface area contributed by atoms with E-state index in [1.807, 2.05) is 50.3 Å². The number of unbranched alkanes of at least 4 members (excludes halogenated alkanes) is 2. The fourth-order valence-corrected chi connectivity index (χ4v) is 11.0. The maximum Gasteiger partial charge on any atom is 0.329 e. The van der Waals surface area contributed by atoms with Crippen molar-refractivity contribution < 1.29 is 63.0 Å². The molecule has 0 spiro atoms. The summed E-state index contributed by atoms with van der Waals surface area (Å²) in [4.78, 5) is 71.8. The molecule has 396 valence electrons. The number of nitrogens with zero attached hydrogens (tertiary/aromatic N) is 1. The van der Waals surface area contributed by atoms with Crippen LogP contribution in [0.15, 0.2) is 53.6 Å². The number of fused-ring (bicyclic) bond motifs is 3. The molecular formula is C56H84N2O13. The van der Waals surface area contributed by atoms with Crippen LogP contribution in [-0.2, 0) is 42.9 Å². The van der Waals surface area contributed by atoms with Crippen molar-refractivity contribution in [2.75, 3.05) is 34.4 Å². The van der Waals surface area contributed by atoms with Crippen LogP contribution in [0.3, 0.4) is 0 Å². The van der Waals surface area contributed by atoms with Gasteiger partial charge in [0.15, 0.2) is 5.78 Å². The number of carbonyl (C=O) groups excluding carboxylic acids is 5. The fourth-order valence-electron chi connectivity index (χ4n) is 11.0. The van der Waals surface area contributed by atoms with Crippen LogP contribution in [0.25, 0.3) is 6.08 Å². The van der Waals surface area contributed by atoms with Crippen molar-refractivity contribution in [3.05, 3.63) is 64.8 Å². The molecule has 15 nitrogen and oxygen atoms in total. The van der Waals surface area contributed by atoms with Gasteiger partial charge in [-0.3, -0.25) is 19.2 Å². The molecule has 3 aliphatic heterocycles. The van der Waals surface area contributed by atoms with E-state index in [1.165, 1.54) is 19.1 Å². The number of hydrogen-bond acceptors (Lipinski definition) is 13. The Morgan fingerprint density at radius 2 is 1.56 bits per heavy atom. The lowest BCUT2D eigenvalue weighted by Crippen LogP contribution is -2.64. The average molecular weight is 993 g/mol. The zero-order valence-electron chi connectivity index (χ0n) is 43.8. The molecule has 1 aliphatic carbocycles. The third-order valence-corrected chi connectivity index (χ3v) is 15.4. The van der Waals surface area contributed by atoms with E-state index < -0.39 is 77.9 Å². The summed E-state index contributed by atoms with van der Waals surface area (Å²) in [5.41, 5.74) is 2.54. The molecule has 1 aromatic rings. The zero-order chi connectivity index (χ0) is 52.0. The number of carbonyl (C=O) groups is 5. The fraction of sp³-hybridized carbons (Fsp3) is 0.696. The van der Waals surface area contributed by atoms with Gasteiger partial charge >= 0.3 is 5.97 Å². The van der Waals surface area contributed by atoms with Crippen LogP contribution >= 0.6 is 0 Å². The molecule has 4 N–H and O–H groups in total. The van der Waals surface area contributed by atoms with E-state index in [4.69, 9.17) is 23.7 Å². The standard InChI is InChI=1S/C56H84N2O13/c1-10-11-13-25-57-53(63)41-22-19-39(20-23-41)16-15-17-42-28-34(2)27-35(3)29-48(68-8)51-49(69-9)31-37(5)56(66,71-51)52(62)54(64)58-26-14-12-18-43(58)55(65)70-50(38(6)45(60)33-46(42)61)36(4)30-40-21-24-44(59)47(32-40)67-7/h15-16,19-20,22-23,28,30,34-35,37-38,40,43-45,47-51,59-60,66H,10-14,17-18,21,24-27,29,31-33H2,1-9H3,(H,57,63)/b16-15?,36-30?,42-28+. The van der Waals surface area contributed by atoms with Crippen molar-refractivity contribution >= 4 is 35.4 Å². The smallest absolute Gasteiger partial charge is 0.329 e. The molecule has 2 amide bonds. The van der Waals surface area contributed by atoms with E-state index in [2.05, 4.69) is 19.2 Å². The van der Waals surface area contributed by atoms with Crippen LogP contribution in [0.4, 0.5) is 0 Å². The number of rotatable bonds is 13. The summed E-state index contributed by atoms with van der Waals surface area (Å²) < 4.78 is 30.1. The molecule has 0 aromatic heterocycles. The number of methoxy groups -OCH3 is 3. The van der Waals surface area contributed by atoms with Gasteiger partial charge in [-0.15, -0.1) is 0 Å². The molecular weight excluding hydrogens is 909 g/mol. The Morgan fingerprint density at radius 1 is 0.873 bits per heavy atom. The minimum Gasteiger partial charge on any atom is -0.456 e. The largest absolute Gasteiger partial charge is 0.456 e. The van der Waals surface area contributed by atoms with Gasteiger partial charge in [0.25, 0.3) is 17.6 Å². The maximum atomic E-state index is 14.6. The number of aliphatic hydroxyl groups is 3. The lowest BCUT2D eigenvalue weighted by molar-refractivity contribution is -0.302. The number of esters is 1. The van der Waals surface area contributed by atoms with Gasteiger partial charge in [0, 0.05) is 58.2 Å². The number of cyclic esters (lactones) is 1. The van der Waals surface area contributed by atoms with Crippen LogP contribution in [-0.4, -0.2) is 139 Å². The number of allylic oxidation sites excluding steroid dienone is 4. The highest BCUT2D eigenvalue weighted by Crippen LogP contribution is 2.39. The van der Waals surface area contributed by atoms with E-state index in [9.17, 15) is 39.3 Å². The molecule has 3 fully saturated rings. The Hall–Kier alpha value is -4.09. The molecule has 1 aromatic carbocycles. The van der Waals surface area contributed by atoms with Crippen molar-refractivity contribution in [3.63, 3.8) is 0 Å². The molecule has 15 heteroatoms. The normalized spacial score (nSPS) is 35.3. The molecule has 14 atom stereocenters. The number of Topliss-reactive ketones (excluding diaryl/α,β-unsaturated/α-hetero) is 2. The number of aliphatic hydroxyl groups excluding tert-OH is 2. The minimum absolute atomic E-state index is 0.0227. The Balaban J connectivity index is 1.51. The van der Waals surface area contributed by atoms with Crippen molar-refractivity contribution in [1.82, 2.24) is 10.2 Å². The van der Waals surface area contributed by atoms with Crippen molar-refractivity contribution in [2.45, 2.75) is 186 Å². The Labute approximate surface area is 422 Å². The predicted molar refractivity (Wildman–Crippen MR) is 270 cm³/mol. The number of nitrogens with one attached hydrogen (secondary N) is 1. The van der Waals surface area contributed by atoms with Gasteiger partial charge in [0.2, 0.25) is 5.79 Å². The first kappa shape index (κ1) is 57.8. The highest BCUT2D eigenvalue weighted by atomic mass is 16.7. The van der Waals surface area contributed by atoms with Crippen LogP contribution in [0.2, 0.25) is 0 Å². The number of benzene rings is 1. The van der Waals surface area contributed by atoms with Crippen LogP contribution in [0, 0.1) is 29.6 Å². The van der Waals surface area contributed by atoms with Gasteiger partial charge in [0.05, 0.1) is 30.5 Å². The second-order valence-corrected chi connectivity index (χ2v) is 21.0. The number of amides is 2. The lowest BCUT2D eigenvalue weighted by atomic mass is 9.81. The van der Waals surface area contributed by atoms with Gasteiger partial charge in [0.1, 0.15) is 18.2 Å². The molecule has 5 rings (SSSR count). The molecule has 4 aliphatic rings. The molecule has 71 heavy (non-hydrogen) atoms. The van der Waals surface area contributed by atoms with Crippen LogP contribution < -0.4 is 5.32 Å². The third kappa shape index (κ3) is 15.2. The second kappa shape index (κ2) is 27.3. The highest BCUT2D eigenvalue weighted by Gasteiger charge is 2.56. The summed E-state index contributed by atoms with van der Waals surface area (Å²) >= 11 is 0. The topological polar surface area (TPSA) is 207 Å². The first-order valence-corrected chi connectivity index (χ1v) is 26.2. The first-order valence-electron chi connectivity index (χ1n) is 26.2. The van der Waals surface area contributed by atoms with E-state index in [-0.39, 0.29) is 67.8 Å². The second-order valence-electron chi connectivity index (χ2n) is 21.0. The third-order valence-electron chi connectivity index (χ3n) is 15.4. The van der Waals surface area contributed by atoms with E-state index in [0.29, 0.717) is 68.2 Å². The molecule has 2 saturated heterocycles. The SMILES string of the molecule is CCCCCNC(=O)c1ccc(C=CC/C2=C\C(C)CC(C)CC(OC)C3OC(O)(C(=O)C(=O)N4CCCCC4C(=O)OC(C(C)=CC4CCC(O)C(OC)C4)C(C)C(O)CC2=O)C(C)CC3OC)cc1. The quantitative estimate of drug-likeness (QED) is 0.0675. The highest BCUT2D eigenvalue weighted by molar-refractivity contribution is 6.39. The van der Waals surface area contributed by atoms with Crippen LogP contribution in [0.1, 0.15) is 147 Å². The first-order chi connectivity index (χ1) is 33.8. The van der Waals surface area contributed by atoms with Crippen molar-refractivity contribution in [2.24, 2.45) is 29.6 Å². The number of ether oxygens (including phenoxy) is 5. The van der Waals surface area contributed by atoms with Gasteiger partial charge in [-0.2, -0.15) is 0 Å². The van der Waals surface area contributed by atoms with Gasteiger partial charge in [-0.05, 0) is 124 Å². The summed E-state index contributed by atoms with van der Waals surface area (Å²) in [7, 11) is 4.61. The molecule has 3 heterocycles. The molecule has 1 saturated carbocycles. The number of ketones is 2. The lowest BCUT2D eigenvalue weighted by Gasteiger charge is -2.47. The van der Waals surface area contributed by atoms with E-state index >= 15 is 0 Å². The van der Waals surface area contributed by atoms with E-state index in [0.717, 1.165) is 24.8 Å². The number of hydrogen-bond donors (Lipinski definition) is 4. The predicted octanol–water partition coefficient (Wildman–Crippen LogP) is 7.09. The van der Waals surface area contributed by atoms with Crippen molar-refractivity contribution in [3.8, 4) is 0 Å². The summed E-state index contributed by atoms with van der Waals surface area (Å²) in [6.45, 7) is 12.0. The van der Waals surface area contributed by atoms with Gasteiger partial charge in [-0.1, -0.05) is 83.9 Å².